The van der Waals surface area contributed by atoms with Crippen molar-refractivity contribution in [3.63, 3.8) is 0 Å². The summed E-state index contributed by atoms with van der Waals surface area (Å²) in [7, 11) is 0. The summed E-state index contributed by atoms with van der Waals surface area (Å²) in [5.74, 6) is 0.859. The van der Waals surface area contributed by atoms with Crippen LogP contribution in [0.4, 0.5) is 0 Å². The molecule has 0 aliphatic carbocycles. The molecule has 0 aliphatic heterocycles. The Bertz CT molecular complexity index is 138. The zero-order valence-electron chi connectivity index (χ0n) is 11.5. The minimum absolute atomic E-state index is 0.341. The van der Waals surface area contributed by atoms with Crippen LogP contribution in [0.5, 0.6) is 0 Å². The highest BCUT2D eigenvalue weighted by Crippen LogP contribution is 2.13. The number of hydrogen-bond donors (Lipinski definition) is 1. The van der Waals surface area contributed by atoms with Crippen LogP contribution in [0.2, 0.25) is 0 Å². The van der Waals surface area contributed by atoms with Crippen LogP contribution >= 0.6 is 0 Å². The summed E-state index contributed by atoms with van der Waals surface area (Å²) >= 11 is 0. The summed E-state index contributed by atoms with van der Waals surface area (Å²) in [6, 6.07) is 0. The van der Waals surface area contributed by atoms with Gasteiger partial charge in [-0.05, 0) is 39.2 Å². The highest BCUT2D eigenvalue weighted by atomic mass is 14.9. The van der Waals surface area contributed by atoms with Gasteiger partial charge in [0.15, 0.2) is 0 Å². The number of hydrogen-bond acceptors (Lipinski definition) is 1. The van der Waals surface area contributed by atoms with E-state index in [-0.39, 0.29) is 0 Å². The molecular formula is C14H31N. The fraction of sp³-hybridized carbons (Fsp3) is 1.00. The SMILES string of the molecule is CCCCC(C)(C)NCCCCC(C)C. The van der Waals surface area contributed by atoms with Crippen molar-refractivity contribution in [1.29, 1.82) is 0 Å². The molecule has 0 bridgehead atoms. The topological polar surface area (TPSA) is 12.0 Å². The van der Waals surface area contributed by atoms with Gasteiger partial charge in [-0.15, -0.1) is 0 Å². The summed E-state index contributed by atoms with van der Waals surface area (Å²) in [6.07, 6.45) is 8.01. The van der Waals surface area contributed by atoms with E-state index in [2.05, 4.69) is 39.9 Å². The third-order valence-electron chi connectivity index (χ3n) is 2.97. The number of unbranched alkanes of at least 4 members (excludes halogenated alkanes) is 2. The van der Waals surface area contributed by atoms with Gasteiger partial charge in [-0.1, -0.05) is 46.5 Å². The Morgan fingerprint density at radius 2 is 1.73 bits per heavy atom. The summed E-state index contributed by atoms with van der Waals surface area (Å²) in [5.41, 5.74) is 0.341. The fourth-order valence-electron chi connectivity index (χ4n) is 1.81. The Labute approximate surface area is 97.0 Å². The maximum atomic E-state index is 3.67. The molecule has 0 saturated carbocycles. The Kier molecular flexibility index (Phi) is 8.13. The van der Waals surface area contributed by atoms with Crippen LogP contribution in [-0.2, 0) is 0 Å². The van der Waals surface area contributed by atoms with Crippen LogP contribution in [-0.4, -0.2) is 12.1 Å². The van der Waals surface area contributed by atoms with Gasteiger partial charge in [-0.3, -0.25) is 0 Å². The zero-order chi connectivity index (χ0) is 11.7. The van der Waals surface area contributed by atoms with Gasteiger partial charge in [0.25, 0.3) is 0 Å². The Morgan fingerprint density at radius 1 is 1.07 bits per heavy atom. The predicted molar refractivity (Wildman–Crippen MR) is 70.3 cm³/mol. The van der Waals surface area contributed by atoms with Crippen LogP contribution < -0.4 is 5.32 Å². The van der Waals surface area contributed by atoms with E-state index in [0.717, 1.165) is 5.92 Å². The van der Waals surface area contributed by atoms with Gasteiger partial charge in [0.1, 0.15) is 0 Å². The number of nitrogens with one attached hydrogen (secondary N) is 1. The van der Waals surface area contributed by atoms with Crippen molar-refractivity contribution < 1.29 is 0 Å². The maximum Gasteiger partial charge on any atom is 0.0125 e. The van der Waals surface area contributed by atoms with Crippen LogP contribution in [0.3, 0.4) is 0 Å². The second-order valence-corrected chi connectivity index (χ2v) is 5.80. The summed E-state index contributed by atoms with van der Waals surface area (Å²) in [5, 5.41) is 3.67. The molecule has 0 atom stereocenters. The molecule has 1 heteroatoms. The Morgan fingerprint density at radius 3 is 2.27 bits per heavy atom. The minimum atomic E-state index is 0.341. The van der Waals surface area contributed by atoms with Gasteiger partial charge < -0.3 is 5.32 Å². The Hall–Kier alpha value is -0.0400. The molecule has 92 valence electrons. The van der Waals surface area contributed by atoms with E-state index in [4.69, 9.17) is 0 Å². The van der Waals surface area contributed by atoms with Crippen molar-refractivity contribution in [2.45, 2.75) is 78.7 Å². The summed E-state index contributed by atoms with van der Waals surface area (Å²) in [6.45, 7) is 12.7. The van der Waals surface area contributed by atoms with E-state index in [1.807, 2.05) is 0 Å². The molecule has 0 amide bonds. The molecule has 0 aromatic carbocycles. The average molecular weight is 213 g/mol. The number of rotatable bonds is 9. The second kappa shape index (κ2) is 8.15. The predicted octanol–water partition coefficient (Wildman–Crippen LogP) is 4.37. The van der Waals surface area contributed by atoms with Crippen molar-refractivity contribution >= 4 is 0 Å². The Balaban J connectivity index is 3.40. The van der Waals surface area contributed by atoms with E-state index in [0.29, 0.717) is 5.54 Å². The first-order valence-electron chi connectivity index (χ1n) is 6.73. The minimum Gasteiger partial charge on any atom is -0.312 e. The third kappa shape index (κ3) is 10.2. The van der Waals surface area contributed by atoms with E-state index in [1.165, 1.54) is 45.1 Å². The van der Waals surface area contributed by atoms with Gasteiger partial charge in [0.2, 0.25) is 0 Å². The zero-order valence-corrected chi connectivity index (χ0v) is 11.5. The lowest BCUT2D eigenvalue weighted by Gasteiger charge is -2.26. The van der Waals surface area contributed by atoms with Crippen molar-refractivity contribution in [1.82, 2.24) is 5.32 Å². The highest BCUT2D eigenvalue weighted by molar-refractivity contribution is 4.76. The lowest BCUT2D eigenvalue weighted by atomic mass is 9.97. The smallest absolute Gasteiger partial charge is 0.0125 e. The molecule has 0 heterocycles. The third-order valence-corrected chi connectivity index (χ3v) is 2.97. The fourth-order valence-corrected chi connectivity index (χ4v) is 1.81. The lowest BCUT2D eigenvalue weighted by Crippen LogP contribution is -2.39. The van der Waals surface area contributed by atoms with Crippen molar-refractivity contribution in [2.75, 3.05) is 6.54 Å². The molecule has 0 unspecified atom stereocenters. The molecule has 1 N–H and O–H groups in total. The molecule has 0 rings (SSSR count). The molecule has 1 nitrogen and oxygen atoms in total. The normalized spacial score (nSPS) is 12.4. The van der Waals surface area contributed by atoms with E-state index in [9.17, 15) is 0 Å². The maximum absolute atomic E-state index is 3.67. The van der Waals surface area contributed by atoms with E-state index in [1.54, 1.807) is 0 Å². The van der Waals surface area contributed by atoms with E-state index < -0.39 is 0 Å². The molecule has 0 fully saturated rings. The van der Waals surface area contributed by atoms with Crippen molar-refractivity contribution in [2.24, 2.45) is 5.92 Å². The van der Waals surface area contributed by atoms with Crippen LogP contribution in [0.25, 0.3) is 0 Å². The average Bonchev–Trinajstić information content (AvgIpc) is 2.14. The van der Waals surface area contributed by atoms with Crippen LogP contribution in [0.15, 0.2) is 0 Å². The van der Waals surface area contributed by atoms with Gasteiger partial charge in [0, 0.05) is 5.54 Å². The molecule has 0 aliphatic rings. The van der Waals surface area contributed by atoms with Gasteiger partial charge in [-0.2, -0.15) is 0 Å². The largest absolute Gasteiger partial charge is 0.312 e. The highest BCUT2D eigenvalue weighted by Gasteiger charge is 2.14. The first-order valence-corrected chi connectivity index (χ1v) is 6.73. The monoisotopic (exact) mass is 213 g/mol. The quantitative estimate of drug-likeness (QED) is 0.561. The van der Waals surface area contributed by atoms with Crippen LogP contribution in [0, 0.1) is 5.92 Å². The van der Waals surface area contributed by atoms with Crippen molar-refractivity contribution in [3.8, 4) is 0 Å². The van der Waals surface area contributed by atoms with Gasteiger partial charge in [0.05, 0.1) is 0 Å². The molecule has 0 spiro atoms. The molecule has 15 heavy (non-hydrogen) atoms. The van der Waals surface area contributed by atoms with Crippen molar-refractivity contribution in [3.05, 3.63) is 0 Å². The molecule has 0 saturated heterocycles. The molecule has 0 aromatic heterocycles. The standard InChI is InChI=1S/C14H31N/c1-6-7-11-14(4,5)15-12-9-8-10-13(2)3/h13,15H,6-12H2,1-5H3. The molecule has 0 aromatic rings. The molecular weight excluding hydrogens is 182 g/mol. The first-order chi connectivity index (χ1) is 6.98. The first kappa shape index (κ1) is 15.0. The lowest BCUT2D eigenvalue weighted by molar-refractivity contribution is 0.346. The van der Waals surface area contributed by atoms with Gasteiger partial charge >= 0.3 is 0 Å². The summed E-state index contributed by atoms with van der Waals surface area (Å²) in [4.78, 5) is 0. The van der Waals surface area contributed by atoms with E-state index >= 15 is 0 Å². The van der Waals surface area contributed by atoms with Crippen LogP contribution in [0.1, 0.15) is 73.1 Å². The second-order valence-electron chi connectivity index (χ2n) is 5.80. The summed E-state index contributed by atoms with van der Waals surface area (Å²) < 4.78 is 0. The van der Waals surface area contributed by atoms with Gasteiger partial charge in [-0.25, -0.2) is 0 Å². The molecule has 0 radical (unpaired) electrons.